The number of nitrogens with zero attached hydrogens (tertiary/aromatic N) is 1. The topological polar surface area (TPSA) is 72.6 Å². The summed E-state index contributed by atoms with van der Waals surface area (Å²) in [6.45, 7) is 13.0. The van der Waals surface area contributed by atoms with E-state index in [0.29, 0.717) is 25.4 Å². The maximum absolute atomic E-state index is 11.9. The fraction of sp³-hybridized carbons (Fsp3) is 1.00. The fourth-order valence-corrected chi connectivity index (χ4v) is 6.55. The lowest BCUT2D eigenvalue weighted by Crippen LogP contribution is -2.63. The minimum Gasteiger partial charge on any atom is -0.378 e. The van der Waals surface area contributed by atoms with E-state index in [1.807, 2.05) is 0 Å². The molecule has 0 radical (unpaired) electrons. The number of hydrogen-bond donors (Lipinski definition) is 1. The average molecular weight is 345 g/mol. The molecule has 0 aromatic heterocycles. The van der Waals surface area contributed by atoms with E-state index in [9.17, 15) is 8.42 Å². The zero-order chi connectivity index (χ0) is 17.3. The molecule has 3 heterocycles. The van der Waals surface area contributed by atoms with Crippen LogP contribution in [0.4, 0.5) is 0 Å². The van der Waals surface area contributed by atoms with Crippen molar-refractivity contribution in [2.75, 3.05) is 25.4 Å². The second-order valence-electron chi connectivity index (χ2n) is 9.75. The maximum atomic E-state index is 11.9. The molecular formula is C17H32N2O3S. The Bertz CT molecular complexity index is 579. The van der Waals surface area contributed by atoms with Gasteiger partial charge in [-0.25, -0.2) is 12.7 Å². The molecule has 4 aliphatic rings. The van der Waals surface area contributed by atoms with E-state index in [1.54, 1.807) is 4.31 Å². The Hall–Kier alpha value is -0.170. The highest BCUT2D eigenvalue weighted by atomic mass is 32.2. The summed E-state index contributed by atoms with van der Waals surface area (Å²) in [5.74, 6) is 0.312. The van der Waals surface area contributed by atoms with Crippen LogP contribution >= 0.6 is 0 Å². The lowest BCUT2D eigenvalue weighted by Gasteiger charge is -2.53. The molecule has 3 aliphatic heterocycles. The van der Waals surface area contributed by atoms with Crippen molar-refractivity contribution in [2.24, 2.45) is 22.0 Å². The van der Waals surface area contributed by atoms with Crippen LogP contribution in [0.3, 0.4) is 0 Å². The Morgan fingerprint density at radius 3 is 2.17 bits per heavy atom. The SMILES string of the molecule is CC(C)(C)C1(N)CC(OCCC(C)(C)C23CN(C2)S(=O)(=O)C3)C1. The quantitative estimate of drug-likeness (QED) is 0.827. The van der Waals surface area contributed by atoms with E-state index in [0.717, 1.165) is 19.3 Å². The van der Waals surface area contributed by atoms with E-state index in [4.69, 9.17) is 10.5 Å². The van der Waals surface area contributed by atoms with E-state index in [-0.39, 0.29) is 27.9 Å². The number of rotatable bonds is 5. The fourth-order valence-electron chi connectivity index (χ4n) is 4.21. The first-order valence-electron chi connectivity index (χ1n) is 8.69. The molecule has 1 aliphatic carbocycles. The first-order valence-corrected chi connectivity index (χ1v) is 10.3. The van der Waals surface area contributed by atoms with Crippen LogP contribution in [-0.2, 0) is 14.8 Å². The zero-order valence-electron chi connectivity index (χ0n) is 15.2. The molecule has 0 aromatic carbocycles. The molecule has 2 bridgehead atoms. The van der Waals surface area contributed by atoms with E-state index >= 15 is 0 Å². The molecule has 0 amide bonds. The highest BCUT2D eigenvalue weighted by Gasteiger charge is 2.64. The predicted octanol–water partition coefficient (Wildman–Crippen LogP) is 1.97. The highest BCUT2D eigenvalue weighted by molar-refractivity contribution is 7.89. The van der Waals surface area contributed by atoms with Crippen LogP contribution < -0.4 is 5.73 Å². The first-order chi connectivity index (χ1) is 10.3. The van der Waals surface area contributed by atoms with Crippen LogP contribution in [0, 0.1) is 16.2 Å². The standard InChI is InChI=1S/C17H32N2O3S/c1-14(2,3)17(18)8-13(9-17)22-7-6-15(4,5)16-10-19(11-16)23(20,21)12-16/h13H,6-12,18H2,1-5H3. The van der Waals surface area contributed by atoms with Crippen molar-refractivity contribution in [2.45, 2.75) is 65.5 Å². The molecule has 134 valence electrons. The van der Waals surface area contributed by atoms with Gasteiger partial charge >= 0.3 is 0 Å². The Morgan fingerprint density at radius 1 is 1.17 bits per heavy atom. The van der Waals surface area contributed by atoms with Crippen molar-refractivity contribution in [1.82, 2.24) is 4.31 Å². The van der Waals surface area contributed by atoms with Crippen LogP contribution in [-0.4, -0.2) is 49.8 Å². The van der Waals surface area contributed by atoms with Gasteiger partial charge in [-0.3, -0.25) is 0 Å². The van der Waals surface area contributed by atoms with Gasteiger partial charge in [-0.05, 0) is 30.1 Å². The second kappa shape index (κ2) is 4.93. The average Bonchev–Trinajstić information content (AvgIpc) is 2.70. The van der Waals surface area contributed by atoms with Crippen LogP contribution in [0.1, 0.15) is 53.9 Å². The van der Waals surface area contributed by atoms with Crippen molar-refractivity contribution in [3.63, 3.8) is 0 Å². The third-order valence-corrected chi connectivity index (χ3v) is 8.97. The summed E-state index contributed by atoms with van der Waals surface area (Å²) in [5, 5.41) is 0. The molecule has 3 saturated heterocycles. The Kier molecular flexibility index (Phi) is 3.78. The third-order valence-electron chi connectivity index (χ3n) is 7.00. The molecule has 6 heteroatoms. The summed E-state index contributed by atoms with van der Waals surface area (Å²) in [5.41, 5.74) is 6.35. The van der Waals surface area contributed by atoms with Gasteiger partial charge in [-0.15, -0.1) is 0 Å². The second-order valence-corrected chi connectivity index (χ2v) is 11.7. The number of fused-ring (bicyclic) bond motifs is 1. The minimum atomic E-state index is -2.98. The molecular weight excluding hydrogens is 312 g/mol. The molecule has 0 atom stereocenters. The molecule has 5 nitrogen and oxygen atoms in total. The van der Waals surface area contributed by atoms with E-state index in [2.05, 4.69) is 34.6 Å². The Morgan fingerprint density at radius 2 is 1.74 bits per heavy atom. The number of hydrogen-bond acceptors (Lipinski definition) is 4. The Balaban J connectivity index is 1.47. The first kappa shape index (κ1) is 17.6. The molecule has 0 aromatic rings. The van der Waals surface area contributed by atoms with Crippen molar-refractivity contribution in [3.05, 3.63) is 0 Å². The lowest BCUT2D eigenvalue weighted by molar-refractivity contribution is -0.0951. The maximum Gasteiger partial charge on any atom is 0.214 e. The van der Waals surface area contributed by atoms with Crippen molar-refractivity contribution >= 4 is 10.0 Å². The van der Waals surface area contributed by atoms with Crippen molar-refractivity contribution in [1.29, 1.82) is 0 Å². The molecule has 4 rings (SSSR count). The van der Waals surface area contributed by atoms with Crippen molar-refractivity contribution < 1.29 is 13.2 Å². The molecule has 2 N–H and O–H groups in total. The normalized spacial score (nSPS) is 42.2. The minimum absolute atomic E-state index is 0.0132. The molecule has 4 fully saturated rings. The molecule has 23 heavy (non-hydrogen) atoms. The van der Waals surface area contributed by atoms with Gasteiger partial charge in [0.05, 0.1) is 11.9 Å². The van der Waals surface area contributed by atoms with Gasteiger partial charge in [0.25, 0.3) is 0 Å². The number of nitrogens with two attached hydrogens (primary N) is 1. The summed E-state index contributed by atoms with van der Waals surface area (Å²) < 4.78 is 31.5. The monoisotopic (exact) mass is 344 g/mol. The van der Waals surface area contributed by atoms with Crippen molar-refractivity contribution in [3.8, 4) is 0 Å². The Labute approximate surface area is 141 Å². The van der Waals surface area contributed by atoms with Crippen LogP contribution in [0.15, 0.2) is 0 Å². The summed E-state index contributed by atoms with van der Waals surface area (Å²) in [4.78, 5) is 0. The van der Waals surface area contributed by atoms with E-state index in [1.165, 1.54) is 0 Å². The molecule has 0 unspecified atom stereocenters. The third kappa shape index (κ3) is 2.66. The van der Waals surface area contributed by atoms with Gasteiger partial charge in [0.1, 0.15) is 0 Å². The smallest absolute Gasteiger partial charge is 0.214 e. The van der Waals surface area contributed by atoms with Gasteiger partial charge in [0.2, 0.25) is 10.0 Å². The largest absolute Gasteiger partial charge is 0.378 e. The summed E-state index contributed by atoms with van der Waals surface area (Å²) >= 11 is 0. The van der Waals surface area contributed by atoms with E-state index < -0.39 is 10.0 Å². The number of ether oxygens (including phenoxy) is 1. The van der Waals surface area contributed by atoms with Crippen LogP contribution in [0.2, 0.25) is 0 Å². The van der Waals surface area contributed by atoms with Gasteiger partial charge < -0.3 is 10.5 Å². The molecule has 1 saturated carbocycles. The zero-order valence-corrected chi connectivity index (χ0v) is 16.0. The van der Waals surface area contributed by atoms with Crippen LogP contribution in [0.25, 0.3) is 0 Å². The highest BCUT2D eigenvalue weighted by Crippen LogP contribution is 2.55. The predicted molar refractivity (Wildman–Crippen MR) is 91.5 cm³/mol. The van der Waals surface area contributed by atoms with Gasteiger partial charge in [-0.1, -0.05) is 34.6 Å². The summed E-state index contributed by atoms with van der Waals surface area (Å²) in [6, 6.07) is 0. The summed E-state index contributed by atoms with van der Waals surface area (Å²) in [7, 11) is -2.98. The van der Waals surface area contributed by atoms with Gasteiger partial charge in [-0.2, -0.15) is 0 Å². The number of sulfonamides is 1. The molecule has 0 spiro atoms. The van der Waals surface area contributed by atoms with Gasteiger partial charge in [0.15, 0.2) is 0 Å². The lowest BCUT2D eigenvalue weighted by atomic mass is 9.60. The van der Waals surface area contributed by atoms with Crippen LogP contribution in [0.5, 0.6) is 0 Å². The summed E-state index contributed by atoms with van der Waals surface area (Å²) in [6.07, 6.45) is 3.01. The van der Waals surface area contributed by atoms with Gasteiger partial charge in [0, 0.05) is 30.7 Å².